The van der Waals surface area contributed by atoms with E-state index in [1.165, 1.54) is 34.7 Å². The van der Waals surface area contributed by atoms with Crippen LogP contribution >= 0.6 is 11.3 Å². The Bertz CT molecular complexity index is 939. The van der Waals surface area contributed by atoms with Crippen molar-refractivity contribution in [2.75, 3.05) is 5.32 Å². The molecule has 3 aromatic rings. The Labute approximate surface area is 154 Å². The highest BCUT2D eigenvalue weighted by atomic mass is 32.1. The third-order valence-electron chi connectivity index (χ3n) is 4.65. The molecule has 1 aliphatic carbocycles. The van der Waals surface area contributed by atoms with Gasteiger partial charge in [-0.2, -0.15) is 5.10 Å². The third kappa shape index (κ3) is 3.14. The van der Waals surface area contributed by atoms with Gasteiger partial charge in [0.2, 0.25) is 0 Å². The van der Waals surface area contributed by atoms with E-state index >= 15 is 0 Å². The van der Waals surface area contributed by atoms with Crippen LogP contribution in [0.25, 0.3) is 5.69 Å². The van der Waals surface area contributed by atoms with Gasteiger partial charge in [-0.15, -0.1) is 11.3 Å². The third-order valence-corrected chi connectivity index (χ3v) is 5.72. The largest absolute Gasteiger partial charge is 0.298 e. The van der Waals surface area contributed by atoms with Gasteiger partial charge in [-0.1, -0.05) is 18.6 Å². The minimum atomic E-state index is -0.380. The van der Waals surface area contributed by atoms with Crippen molar-refractivity contribution in [3.05, 3.63) is 58.1 Å². The van der Waals surface area contributed by atoms with E-state index in [2.05, 4.69) is 15.4 Å². The van der Waals surface area contributed by atoms with Gasteiger partial charge in [-0.3, -0.25) is 10.1 Å². The quantitative estimate of drug-likeness (QED) is 0.700. The van der Waals surface area contributed by atoms with Crippen LogP contribution in [0.5, 0.6) is 0 Å². The molecule has 0 fully saturated rings. The van der Waals surface area contributed by atoms with Gasteiger partial charge in [0.05, 0.1) is 23.1 Å². The van der Waals surface area contributed by atoms with Gasteiger partial charge < -0.3 is 0 Å². The zero-order chi connectivity index (χ0) is 18.1. The fourth-order valence-corrected chi connectivity index (χ4v) is 4.29. The molecule has 1 aromatic carbocycles. The summed E-state index contributed by atoms with van der Waals surface area (Å²) in [6.45, 7) is 1.76. The van der Waals surface area contributed by atoms with E-state index in [1.54, 1.807) is 36.5 Å². The van der Waals surface area contributed by atoms with Gasteiger partial charge in [0.1, 0.15) is 11.5 Å². The molecule has 2 aromatic heterocycles. The van der Waals surface area contributed by atoms with Crippen molar-refractivity contribution >= 4 is 22.4 Å². The first kappa shape index (κ1) is 16.9. The highest BCUT2D eigenvalue weighted by Crippen LogP contribution is 2.29. The van der Waals surface area contributed by atoms with Crippen molar-refractivity contribution in [3.63, 3.8) is 0 Å². The number of hydrogen-bond donors (Lipinski definition) is 1. The molecule has 1 aliphatic rings. The average Bonchev–Trinajstić information content (AvgIpc) is 3.11. The monoisotopic (exact) mass is 370 g/mol. The number of aryl methyl sites for hydroxylation is 2. The van der Waals surface area contributed by atoms with E-state index in [4.69, 9.17) is 0 Å². The van der Waals surface area contributed by atoms with Crippen molar-refractivity contribution in [3.8, 4) is 5.69 Å². The summed E-state index contributed by atoms with van der Waals surface area (Å²) >= 11 is 1.55. The fourth-order valence-electron chi connectivity index (χ4n) is 3.25. The lowest BCUT2D eigenvalue weighted by atomic mass is 10.2. The molecule has 0 aliphatic heterocycles. The Morgan fingerprint density at radius 1 is 1.23 bits per heavy atom. The Hall–Kier alpha value is -2.54. The number of anilines is 1. The lowest BCUT2D eigenvalue weighted by Gasteiger charge is -2.06. The lowest BCUT2D eigenvalue weighted by molar-refractivity contribution is 0.102. The summed E-state index contributed by atoms with van der Waals surface area (Å²) in [5, 5.41) is 7.69. The van der Waals surface area contributed by atoms with Crippen LogP contribution in [0.15, 0.2) is 30.5 Å². The number of nitrogens with one attached hydrogen (secondary N) is 1. The highest BCUT2D eigenvalue weighted by molar-refractivity contribution is 7.15. The molecule has 0 saturated heterocycles. The molecule has 0 bridgehead atoms. The molecular weight excluding hydrogens is 351 g/mol. The summed E-state index contributed by atoms with van der Waals surface area (Å²) in [6.07, 6.45) is 7.05. The zero-order valence-corrected chi connectivity index (χ0v) is 15.3. The first-order chi connectivity index (χ1) is 12.6. The van der Waals surface area contributed by atoms with Crippen molar-refractivity contribution < 1.29 is 9.18 Å². The van der Waals surface area contributed by atoms with Crippen molar-refractivity contribution in [1.29, 1.82) is 0 Å². The lowest BCUT2D eigenvalue weighted by Crippen LogP contribution is -2.13. The molecule has 134 valence electrons. The molecule has 0 unspecified atom stereocenters. The number of hydrogen-bond acceptors (Lipinski definition) is 4. The van der Waals surface area contributed by atoms with Crippen LogP contribution in [0.3, 0.4) is 0 Å². The number of halogens is 1. The van der Waals surface area contributed by atoms with E-state index < -0.39 is 0 Å². The van der Waals surface area contributed by atoms with Gasteiger partial charge in [0, 0.05) is 4.88 Å². The number of rotatable bonds is 3. The summed E-state index contributed by atoms with van der Waals surface area (Å²) in [5.74, 6) is -0.650. The topological polar surface area (TPSA) is 59.8 Å². The maximum Gasteiger partial charge on any atom is 0.260 e. The van der Waals surface area contributed by atoms with Crippen LogP contribution < -0.4 is 5.32 Å². The van der Waals surface area contributed by atoms with Crippen molar-refractivity contribution in [2.45, 2.75) is 39.0 Å². The van der Waals surface area contributed by atoms with Crippen LogP contribution in [-0.4, -0.2) is 20.7 Å². The summed E-state index contributed by atoms with van der Waals surface area (Å²) in [5.41, 5.74) is 2.44. The van der Waals surface area contributed by atoms with Crippen LogP contribution in [0.1, 0.15) is 45.9 Å². The first-order valence-electron chi connectivity index (χ1n) is 8.73. The number of aromatic nitrogens is 3. The van der Waals surface area contributed by atoms with Crippen LogP contribution in [0.2, 0.25) is 0 Å². The number of benzene rings is 1. The highest BCUT2D eigenvalue weighted by Gasteiger charge is 2.20. The van der Waals surface area contributed by atoms with E-state index in [0.717, 1.165) is 25.0 Å². The Kier molecular flexibility index (Phi) is 4.55. The SMILES string of the molecule is Cc1c(C(=O)Nc2nc3c(s2)CCCCC3)cnn1-c1ccccc1F. The second-order valence-electron chi connectivity index (χ2n) is 6.41. The second kappa shape index (κ2) is 6.99. The number of carbonyl (C=O) groups is 1. The van der Waals surface area contributed by atoms with Crippen molar-refractivity contribution in [1.82, 2.24) is 14.8 Å². The summed E-state index contributed by atoms with van der Waals surface area (Å²) in [6, 6.07) is 6.37. The predicted molar refractivity (Wildman–Crippen MR) is 99.6 cm³/mol. The molecule has 0 atom stereocenters. The predicted octanol–water partition coefficient (Wildman–Crippen LogP) is 4.30. The van der Waals surface area contributed by atoms with Gasteiger partial charge in [0.25, 0.3) is 5.91 Å². The summed E-state index contributed by atoms with van der Waals surface area (Å²) in [7, 11) is 0. The average molecular weight is 370 g/mol. The zero-order valence-electron chi connectivity index (χ0n) is 14.5. The summed E-state index contributed by atoms with van der Waals surface area (Å²) in [4.78, 5) is 18.5. The van der Waals surface area contributed by atoms with Gasteiger partial charge in [0.15, 0.2) is 5.13 Å². The number of carbonyl (C=O) groups excluding carboxylic acids is 1. The fraction of sp³-hybridized carbons (Fsp3) is 0.316. The molecule has 26 heavy (non-hydrogen) atoms. The first-order valence-corrected chi connectivity index (χ1v) is 9.54. The number of nitrogens with zero attached hydrogens (tertiary/aromatic N) is 3. The molecule has 4 rings (SSSR count). The minimum Gasteiger partial charge on any atom is -0.298 e. The maximum atomic E-state index is 14.0. The standard InChI is InChI=1S/C19H19FN4OS/c1-12-13(11-21-24(12)16-9-6-5-7-14(16)20)18(25)23-19-22-15-8-3-2-4-10-17(15)26-19/h5-7,9,11H,2-4,8,10H2,1H3,(H,22,23,25). The Morgan fingerprint density at radius 3 is 2.88 bits per heavy atom. The van der Waals surface area contributed by atoms with Crippen molar-refractivity contribution in [2.24, 2.45) is 0 Å². The molecule has 5 nitrogen and oxygen atoms in total. The number of para-hydroxylation sites is 1. The molecule has 1 N–H and O–H groups in total. The number of amides is 1. The van der Waals surface area contributed by atoms with Crippen LogP contribution in [-0.2, 0) is 12.8 Å². The van der Waals surface area contributed by atoms with Gasteiger partial charge in [-0.05, 0) is 44.7 Å². The van der Waals surface area contributed by atoms with Crippen LogP contribution in [0.4, 0.5) is 9.52 Å². The molecular formula is C19H19FN4OS. The Balaban J connectivity index is 1.57. The molecule has 0 saturated carbocycles. The molecule has 0 radical (unpaired) electrons. The van der Waals surface area contributed by atoms with Gasteiger partial charge in [-0.25, -0.2) is 14.1 Å². The van der Waals surface area contributed by atoms with E-state index in [9.17, 15) is 9.18 Å². The number of fused-ring (bicyclic) bond motifs is 1. The summed E-state index contributed by atoms with van der Waals surface area (Å²) < 4.78 is 15.5. The van der Waals surface area contributed by atoms with Crippen LogP contribution in [0, 0.1) is 12.7 Å². The minimum absolute atomic E-state index is 0.269. The maximum absolute atomic E-state index is 14.0. The molecule has 1 amide bonds. The Morgan fingerprint density at radius 2 is 2.04 bits per heavy atom. The normalized spacial score (nSPS) is 13.9. The van der Waals surface area contributed by atoms with Gasteiger partial charge >= 0.3 is 0 Å². The molecule has 7 heteroatoms. The number of thiazole rings is 1. The smallest absolute Gasteiger partial charge is 0.260 e. The van der Waals surface area contributed by atoms with E-state index in [1.807, 2.05) is 0 Å². The molecule has 2 heterocycles. The molecule has 0 spiro atoms. The second-order valence-corrected chi connectivity index (χ2v) is 7.49. The van der Waals surface area contributed by atoms with E-state index in [-0.39, 0.29) is 11.7 Å². The van der Waals surface area contributed by atoms with E-state index in [0.29, 0.717) is 22.1 Å².